The van der Waals surface area contributed by atoms with Crippen LogP contribution in [0.3, 0.4) is 0 Å². The molecule has 3 aromatic rings. The topological polar surface area (TPSA) is 55.8 Å². The highest BCUT2D eigenvalue weighted by Crippen LogP contribution is 2.26. The predicted molar refractivity (Wildman–Crippen MR) is 107 cm³/mol. The Balaban J connectivity index is 1.50. The molecule has 1 N–H and O–H groups in total. The van der Waals surface area contributed by atoms with Crippen molar-refractivity contribution in [2.45, 2.75) is 19.3 Å². The van der Waals surface area contributed by atoms with Gasteiger partial charge in [0.05, 0.1) is 5.92 Å². The van der Waals surface area contributed by atoms with Crippen LogP contribution in [0.4, 0.5) is 0 Å². The van der Waals surface area contributed by atoms with Crippen molar-refractivity contribution < 1.29 is 19.4 Å². The number of aliphatic carboxylic acids is 1. The lowest BCUT2D eigenvalue weighted by Gasteiger charge is -2.12. The molecular formula is C22H22O4S. The number of carboxylic acids is 1. The van der Waals surface area contributed by atoms with Crippen molar-refractivity contribution in [2.24, 2.45) is 0 Å². The van der Waals surface area contributed by atoms with E-state index in [2.05, 4.69) is 0 Å². The van der Waals surface area contributed by atoms with E-state index in [0.29, 0.717) is 19.6 Å². The number of carbonyl (C=O) groups is 1. The van der Waals surface area contributed by atoms with Crippen molar-refractivity contribution in [3.8, 4) is 11.5 Å². The maximum atomic E-state index is 11.6. The summed E-state index contributed by atoms with van der Waals surface area (Å²) in [6.07, 6.45) is 0.465. The van der Waals surface area contributed by atoms with Crippen LogP contribution in [0.5, 0.6) is 11.5 Å². The molecule has 4 nitrogen and oxygen atoms in total. The van der Waals surface area contributed by atoms with Gasteiger partial charge in [-0.05, 0) is 54.1 Å². The summed E-state index contributed by atoms with van der Waals surface area (Å²) in [5.41, 5.74) is 2.07. The lowest BCUT2D eigenvalue weighted by Crippen LogP contribution is -2.13. The fraction of sp³-hybridized carbons (Fsp3) is 0.227. The third-order valence-corrected chi connectivity index (χ3v) is 5.24. The number of aryl methyl sites for hydroxylation is 1. The highest BCUT2D eigenvalue weighted by atomic mass is 32.1. The molecule has 1 aromatic heterocycles. The van der Waals surface area contributed by atoms with E-state index in [9.17, 15) is 9.90 Å². The molecule has 0 aliphatic heterocycles. The Hall–Kier alpha value is -2.79. The zero-order chi connectivity index (χ0) is 19.1. The second kappa shape index (κ2) is 9.24. The smallest absolute Gasteiger partial charge is 0.312 e. The Kier molecular flexibility index (Phi) is 6.49. The molecule has 3 rings (SSSR count). The van der Waals surface area contributed by atoms with Crippen molar-refractivity contribution in [3.05, 3.63) is 82.0 Å². The molecule has 0 aliphatic rings. The van der Waals surface area contributed by atoms with Crippen molar-refractivity contribution >= 4 is 17.3 Å². The molecule has 0 aliphatic carbocycles. The van der Waals surface area contributed by atoms with Gasteiger partial charge in [0.15, 0.2) is 0 Å². The van der Waals surface area contributed by atoms with Crippen molar-refractivity contribution in [2.75, 3.05) is 13.2 Å². The summed E-state index contributed by atoms with van der Waals surface area (Å²) in [6, 6.07) is 19.2. The van der Waals surface area contributed by atoms with E-state index in [-0.39, 0.29) is 0 Å². The number of carboxylic acid groups (broad SMARTS) is 1. The first-order valence-corrected chi connectivity index (χ1v) is 9.68. The largest absolute Gasteiger partial charge is 0.490 e. The highest BCUT2D eigenvalue weighted by molar-refractivity contribution is 7.10. The molecule has 0 saturated carbocycles. The minimum absolute atomic E-state index is 0.445. The summed E-state index contributed by atoms with van der Waals surface area (Å²) in [7, 11) is 0. The number of hydrogen-bond acceptors (Lipinski definition) is 4. The van der Waals surface area contributed by atoms with Crippen LogP contribution in [0.2, 0.25) is 0 Å². The van der Waals surface area contributed by atoms with Crippen LogP contribution in [-0.4, -0.2) is 24.3 Å². The summed E-state index contributed by atoms with van der Waals surface area (Å²) >= 11 is 1.48. The van der Waals surface area contributed by atoms with E-state index in [4.69, 9.17) is 9.47 Å². The van der Waals surface area contributed by atoms with E-state index in [1.807, 2.05) is 73.0 Å². The number of thiophene rings is 1. The highest BCUT2D eigenvalue weighted by Gasteiger charge is 2.21. The van der Waals surface area contributed by atoms with Crippen molar-refractivity contribution in [3.63, 3.8) is 0 Å². The first-order valence-electron chi connectivity index (χ1n) is 8.80. The van der Waals surface area contributed by atoms with Crippen LogP contribution >= 0.6 is 11.3 Å². The first-order chi connectivity index (χ1) is 13.1. The average Bonchev–Trinajstić information content (AvgIpc) is 3.20. The van der Waals surface area contributed by atoms with Crippen LogP contribution in [0.1, 0.15) is 21.9 Å². The zero-order valence-corrected chi connectivity index (χ0v) is 15.9. The Labute approximate surface area is 163 Å². The van der Waals surface area contributed by atoms with E-state index in [1.165, 1.54) is 11.3 Å². The van der Waals surface area contributed by atoms with Crippen LogP contribution < -0.4 is 9.47 Å². The molecule has 1 unspecified atom stereocenters. The Morgan fingerprint density at radius 1 is 1.00 bits per heavy atom. The summed E-state index contributed by atoms with van der Waals surface area (Å²) in [5, 5.41) is 11.4. The number of benzene rings is 2. The van der Waals surface area contributed by atoms with Crippen LogP contribution in [-0.2, 0) is 11.2 Å². The Morgan fingerprint density at radius 3 is 2.41 bits per heavy atom. The third kappa shape index (κ3) is 5.34. The maximum Gasteiger partial charge on any atom is 0.312 e. The normalized spacial score (nSPS) is 11.7. The minimum atomic E-state index is -0.800. The number of ether oxygens (including phenoxy) is 2. The van der Waals surface area contributed by atoms with Gasteiger partial charge in [-0.2, -0.15) is 0 Å². The van der Waals surface area contributed by atoms with Gasteiger partial charge in [-0.3, -0.25) is 4.79 Å². The van der Waals surface area contributed by atoms with Gasteiger partial charge in [-0.15, -0.1) is 11.3 Å². The fourth-order valence-corrected chi connectivity index (χ4v) is 3.61. The minimum Gasteiger partial charge on any atom is -0.490 e. The molecule has 1 heterocycles. The van der Waals surface area contributed by atoms with Crippen molar-refractivity contribution in [1.82, 2.24) is 0 Å². The lowest BCUT2D eigenvalue weighted by molar-refractivity contribution is -0.138. The summed E-state index contributed by atoms with van der Waals surface area (Å²) < 4.78 is 11.4. The summed E-state index contributed by atoms with van der Waals surface area (Å²) in [6.45, 7) is 2.92. The van der Waals surface area contributed by atoms with Crippen molar-refractivity contribution in [1.29, 1.82) is 0 Å². The molecule has 140 valence electrons. The van der Waals surface area contributed by atoms with Crippen LogP contribution in [0, 0.1) is 6.92 Å². The van der Waals surface area contributed by atoms with E-state index in [1.54, 1.807) is 0 Å². The van der Waals surface area contributed by atoms with E-state index >= 15 is 0 Å². The predicted octanol–water partition coefficient (Wildman–Crippen LogP) is 4.93. The monoisotopic (exact) mass is 382 g/mol. The second-order valence-corrected chi connectivity index (χ2v) is 7.20. The molecular weight excluding hydrogens is 360 g/mol. The Morgan fingerprint density at radius 2 is 1.74 bits per heavy atom. The lowest BCUT2D eigenvalue weighted by atomic mass is 9.98. The Bertz CT molecular complexity index is 856. The molecule has 0 fully saturated rings. The van der Waals surface area contributed by atoms with Crippen LogP contribution in [0.25, 0.3) is 0 Å². The fourth-order valence-electron chi connectivity index (χ4n) is 2.79. The summed E-state index contributed by atoms with van der Waals surface area (Å²) in [5.74, 6) is 0.297. The second-order valence-electron chi connectivity index (χ2n) is 6.22. The van der Waals surface area contributed by atoms with Gasteiger partial charge in [0.25, 0.3) is 0 Å². The third-order valence-electron chi connectivity index (χ3n) is 4.25. The molecule has 0 bridgehead atoms. The first kappa shape index (κ1) is 19.0. The maximum absolute atomic E-state index is 11.6. The molecule has 0 spiro atoms. The van der Waals surface area contributed by atoms with Gasteiger partial charge in [0, 0.05) is 4.88 Å². The summed E-state index contributed by atoms with van der Waals surface area (Å²) in [4.78, 5) is 12.4. The van der Waals surface area contributed by atoms with Crippen LogP contribution in [0.15, 0.2) is 66.0 Å². The SMILES string of the molecule is Cc1ccccc1OCCOc1ccc(CC(C(=O)O)c2cccs2)cc1. The van der Waals surface area contributed by atoms with E-state index < -0.39 is 11.9 Å². The van der Waals surface area contributed by atoms with Gasteiger partial charge < -0.3 is 14.6 Å². The molecule has 5 heteroatoms. The molecule has 0 saturated heterocycles. The van der Waals surface area contributed by atoms with Gasteiger partial charge in [-0.25, -0.2) is 0 Å². The molecule has 0 amide bonds. The van der Waals surface area contributed by atoms with E-state index in [0.717, 1.165) is 27.5 Å². The molecule has 2 aromatic carbocycles. The molecule has 0 radical (unpaired) electrons. The quantitative estimate of drug-likeness (QED) is 0.534. The number of rotatable bonds is 9. The van der Waals surface area contributed by atoms with Gasteiger partial charge in [-0.1, -0.05) is 36.4 Å². The van der Waals surface area contributed by atoms with Gasteiger partial charge in [0.2, 0.25) is 0 Å². The van der Waals surface area contributed by atoms with Gasteiger partial charge >= 0.3 is 5.97 Å². The standard InChI is InChI=1S/C22H22O4S/c1-16-5-2-3-6-20(16)26-13-12-25-18-10-8-17(9-11-18)15-19(22(23)24)21-7-4-14-27-21/h2-11,14,19H,12-13,15H2,1H3,(H,23,24). The number of hydrogen-bond donors (Lipinski definition) is 1. The number of para-hydroxylation sites is 1. The molecule has 27 heavy (non-hydrogen) atoms. The average molecular weight is 382 g/mol. The van der Waals surface area contributed by atoms with Gasteiger partial charge in [0.1, 0.15) is 24.7 Å². The zero-order valence-electron chi connectivity index (χ0n) is 15.1. The molecule has 1 atom stereocenters.